The first kappa shape index (κ1) is 18.3. The van der Waals surface area contributed by atoms with Crippen molar-refractivity contribution in [3.8, 4) is 5.75 Å². The van der Waals surface area contributed by atoms with Crippen LogP contribution in [0.2, 0.25) is 5.02 Å². The number of amides is 1. The first-order valence-corrected chi connectivity index (χ1v) is 8.40. The summed E-state index contributed by atoms with van der Waals surface area (Å²) in [5.74, 6) is 0.247. The van der Waals surface area contributed by atoms with Gasteiger partial charge in [0, 0.05) is 11.6 Å². The molecule has 24 heavy (non-hydrogen) atoms. The fourth-order valence-corrected chi connectivity index (χ4v) is 2.39. The molecule has 0 saturated carbocycles. The Labute approximate surface area is 146 Å². The highest BCUT2D eigenvalue weighted by Gasteiger charge is 2.17. The number of hydrogen-bond donors (Lipinski definition) is 1. The van der Waals surface area contributed by atoms with Gasteiger partial charge in [0.15, 0.2) is 6.10 Å². The molecular weight excluding hydrogens is 329 g/mol. The summed E-state index contributed by atoms with van der Waals surface area (Å²) in [6.07, 6.45) is 1.62. The molecule has 0 radical (unpaired) electrons. The molecule has 0 aliphatic heterocycles. The summed E-state index contributed by atoms with van der Waals surface area (Å²) >= 11 is 5.83. The van der Waals surface area contributed by atoms with E-state index in [1.165, 1.54) is 12.1 Å². The summed E-state index contributed by atoms with van der Waals surface area (Å²) in [4.78, 5) is 12.2. The van der Waals surface area contributed by atoms with Crippen molar-refractivity contribution in [2.24, 2.45) is 0 Å². The highest BCUT2D eigenvalue weighted by molar-refractivity contribution is 6.30. The Morgan fingerprint density at radius 2 is 1.83 bits per heavy atom. The lowest BCUT2D eigenvalue weighted by Crippen LogP contribution is -2.38. The van der Waals surface area contributed by atoms with E-state index in [2.05, 4.69) is 5.32 Å². The minimum absolute atomic E-state index is 0.133. The Bertz CT molecular complexity index is 643. The fraction of sp³-hybridized carbons (Fsp3) is 0.316. The van der Waals surface area contributed by atoms with Gasteiger partial charge in [-0.25, -0.2) is 4.39 Å². The van der Waals surface area contributed by atoms with E-state index in [1.807, 2.05) is 6.92 Å². The van der Waals surface area contributed by atoms with E-state index in [0.29, 0.717) is 23.7 Å². The van der Waals surface area contributed by atoms with Crippen LogP contribution in [0.5, 0.6) is 5.75 Å². The third kappa shape index (κ3) is 5.85. The highest BCUT2D eigenvalue weighted by atomic mass is 35.5. The van der Waals surface area contributed by atoms with Crippen LogP contribution in [0, 0.1) is 5.82 Å². The van der Waals surface area contributed by atoms with Crippen LogP contribution >= 0.6 is 11.6 Å². The van der Waals surface area contributed by atoms with E-state index in [-0.39, 0.29) is 11.7 Å². The lowest BCUT2D eigenvalue weighted by molar-refractivity contribution is -0.128. The molecule has 0 saturated heterocycles. The Balaban J connectivity index is 1.75. The van der Waals surface area contributed by atoms with Crippen LogP contribution in [-0.2, 0) is 11.2 Å². The zero-order valence-electron chi connectivity index (χ0n) is 13.6. The standard InChI is InChI=1S/C19H21ClFNO2/c1-2-18(24-17-11-7-15(20)8-12-17)19(23)22-13-3-4-14-5-9-16(21)10-6-14/h5-12,18H,2-4,13H2,1H3,(H,22,23)/t18-/m0/s1. The Morgan fingerprint density at radius 1 is 1.17 bits per heavy atom. The number of aryl methyl sites for hydroxylation is 1. The van der Waals surface area contributed by atoms with Gasteiger partial charge in [0.1, 0.15) is 11.6 Å². The molecule has 2 aromatic rings. The predicted molar refractivity (Wildman–Crippen MR) is 93.9 cm³/mol. The smallest absolute Gasteiger partial charge is 0.261 e. The van der Waals surface area contributed by atoms with Crippen LogP contribution in [0.1, 0.15) is 25.3 Å². The molecule has 2 aromatic carbocycles. The van der Waals surface area contributed by atoms with Gasteiger partial charge in [0.2, 0.25) is 0 Å². The average Bonchev–Trinajstić information content (AvgIpc) is 2.59. The van der Waals surface area contributed by atoms with Crippen molar-refractivity contribution in [2.75, 3.05) is 6.54 Å². The van der Waals surface area contributed by atoms with Crippen molar-refractivity contribution in [3.63, 3.8) is 0 Å². The third-order valence-corrected chi connectivity index (χ3v) is 3.86. The fourth-order valence-electron chi connectivity index (χ4n) is 2.27. The SMILES string of the molecule is CC[C@H](Oc1ccc(Cl)cc1)C(=O)NCCCc1ccc(F)cc1. The number of nitrogens with one attached hydrogen (secondary N) is 1. The molecule has 3 nitrogen and oxygen atoms in total. The summed E-state index contributed by atoms with van der Waals surface area (Å²) in [5, 5.41) is 3.51. The van der Waals surface area contributed by atoms with Gasteiger partial charge < -0.3 is 10.1 Å². The minimum atomic E-state index is -0.531. The van der Waals surface area contributed by atoms with Gasteiger partial charge in [0.25, 0.3) is 5.91 Å². The van der Waals surface area contributed by atoms with E-state index >= 15 is 0 Å². The van der Waals surface area contributed by atoms with Gasteiger partial charge in [-0.3, -0.25) is 4.79 Å². The molecule has 0 unspecified atom stereocenters. The average molecular weight is 350 g/mol. The topological polar surface area (TPSA) is 38.3 Å². The summed E-state index contributed by atoms with van der Waals surface area (Å²) in [6, 6.07) is 13.3. The van der Waals surface area contributed by atoms with Gasteiger partial charge >= 0.3 is 0 Å². The number of carbonyl (C=O) groups excluding carboxylic acids is 1. The Morgan fingerprint density at radius 3 is 2.46 bits per heavy atom. The van der Waals surface area contributed by atoms with Crippen molar-refractivity contribution in [3.05, 3.63) is 64.9 Å². The van der Waals surface area contributed by atoms with E-state index in [9.17, 15) is 9.18 Å². The Hall–Kier alpha value is -2.07. The Kier molecular flexibility index (Phi) is 7.07. The number of halogens is 2. The van der Waals surface area contributed by atoms with Gasteiger partial charge in [-0.1, -0.05) is 30.7 Å². The number of ether oxygens (including phenoxy) is 1. The van der Waals surface area contributed by atoms with Crippen molar-refractivity contribution in [1.29, 1.82) is 0 Å². The minimum Gasteiger partial charge on any atom is -0.481 e. The van der Waals surface area contributed by atoms with E-state index in [4.69, 9.17) is 16.3 Å². The van der Waals surface area contributed by atoms with E-state index in [0.717, 1.165) is 18.4 Å². The van der Waals surface area contributed by atoms with Crippen LogP contribution in [-0.4, -0.2) is 18.6 Å². The second kappa shape index (κ2) is 9.28. The molecule has 128 valence electrons. The summed E-state index contributed by atoms with van der Waals surface area (Å²) in [7, 11) is 0. The van der Waals surface area contributed by atoms with Crippen LogP contribution in [0.25, 0.3) is 0 Å². The highest BCUT2D eigenvalue weighted by Crippen LogP contribution is 2.17. The van der Waals surface area contributed by atoms with Crippen LogP contribution in [0.3, 0.4) is 0 Å². The quantitative estimate of drug-likeness (QED) is 0.718. The molecule has 0 heterocycles. The normalized spacial score (nSPS) is 11.8. The number of hydrogen-bond acceptors (Lipinski definition) is 2. The van der Waals surface area contributed by atoms with Crippen molar-refractivity contribution in [2.45, 2.75) is 32.3 Å². The van der Waals surface area contributed by atoms with Crippen molar-refractivity contribution >= 4 is 17.5 Å². The molecule has 0 aromatic heterocycles. The largest absolute Gasteiger partial charge is 0.481 e. The lowest BCUT2D eigenvalue weighted by atomic mass is 10.1. The second-order valence-electron chi connectivity index (χ2n) is 5.49. The second-order valence-corrected chi connectivity index (χ2v) is 5.93. The van der Waals surface area contributed by atoms with Crippen LogP contribution in [0.4, 0.5) is 4.39 Å². The van der Waals surface area contributed by atoms with Gasteiger partial charge in [0.05, 0.1) is 0 Å². The molecule has 1 N–H and O–H groups in total. The first-order chi connectivity index (χ1) is 11.6. The maximum absolute atomic E-state index is 12.8. The van der Waals surface area contributed by atoms with Crippen LogP contribution in [0.15, 0.2) is 48.5 Å². The van der Waals surface area contributed by atoms with E-state index in [1.54, 1.807) is 36.4 Å². The molecule has 0 bridgehead atoms. The summed E-state index contributed by atoms with van der Waals surface area (Å²) in [5.41, 5.74) is 1.05. The number of rotatable bonds is 8. The van der Waals surface area contributed by atoms with Crippen molar-refractivity contribution < 1.29 is 13.9 Å². The molecule has 0 fully saturated rings. The molecule has 1 amide bonds. The molecule has 5 heteroatoms. The molecule has 2 rings (SSSR count). The third-order valence-electron chi connectivity index (χ3n) is 3.61. The molecule has 0 aliphatic carbocycles. The number of benzene rings is 2. The molecule has 0 aliphatic rings. The number of carbonyl (C=O) groups is 1. The van der Waals surface area contributed by atoms with E-state index < -0.39 is 6.10 Å². The predicted octanol–water partition coefficient (Wildman–Crippen LogP) is 4.39. The summed E-state index contributed by atoms with van der Waals surface area (Å²) < 4.78 is 18.5. The van der Waals surface area contributed by atoms with Crippen molar-refractivity contribution in [1.82, 2.24) is 5.32 Å². The lowest BCUT2D eigenvalue weighted by Gasteiger charge is -2.17. The van der Waals surface area contributed by atoms with Crippen LogP contribution < -0.4 is 10.1 Å². The first-order valence-electron chi connectivity index (χ1n) is 8.03. The van der Waals surface area contributed by atoms with Gasteiger partial charge in [-0.2, -0.15) is 0 Å². The molecular formula is C19H21ClFNO2. The maximum atomic E-state index is 12.8. The molecule has 1 atom stereocenters. The monoisotopic (exact) mass is 349 g/mol. The zero-order valence-corrected chi connectivity index (χ0v) is 14.4. The van der Waals surface area contributed by atoms with Gasteiger partial charge in [-0.05, 0) is 61.2 Å². The zero-order chi connectivity index (χ0) is 17.4. The molecule has 0 spiro atoms. The van der Waals surface area contributed by atoms with Gasteiger partial charge in [-0.15, -0.1) is 0 Å². The summed E-state index contributed by atoms with van der Waals surface area (Å²) in [6.45, 7) is 2.45. The maximum Gasteiger partial charge on any atom is 0.261 e.